The zero-order valence-corrected chi connectivity index (χ0v) is 78.7. The van der Waals surface area contributed by atoms with E-state index in [9.17, 15) is 114 Å². The van der Waals surface area contributed by atoms with Gasteiger partial charge < -0.3 is 30.0 Å². The van der Waals surface area contributed by atoms with E-state index >= 15 is 0 Å². The number of halogens is 18. The van der Waals surface area contributed by atoms with Crippen molar-refractivity contribution >= 4 is 67.3 Å². The molecular weight excluding hydrogens is 1910 g/mol. The van der Waals surface area contributed by atoms with Crippen LogP contribution in [0.1, 0.15) is 106 Å². The summed E-state index contributed by atoms with van der Waals surface area (Å²) in [5, 5.41) is 38.8. The van der Waals surface area contributed by atoms with Crippen molar-refractivity contribution in [2.45, 2.75) is 175 Å². The fourth-order valence-corrected chi connectivity index (χ4v) is 24.1. The molecule has 0 aliphatic heterocycles. The van der Waals surface area contributed by atoms with E-state index in [4.69, 9.17) is 5.11 Å². The van der Waals surface area contributed by atoms with Gasteiger partial charge in [-0.25, -0.2) is 4.79 Å². The normalized spacial score (nSPS) is 14.4. The molecule has 139 heavy (non-hydrogen) atoms. The smallest absolute Gasteiger partial charge is 0.460 e. The van der Waals surface area contributed by atoms with Gasteiger partial charge in [-0.1, -0.05) is 233 Å². The lowest BCUT2D eigenvalue weighted by Gasteiger charge is -2.35. The molecular formula is C109H93F18O8S4+. The average Bonchev–Trinajstić information content (AvgIpc) is 1.49. The molecule has 2 aliphatic rings. The SMILES string of the molecule is CCC12CCC(CC1=O)C2(C)C.Cc1cc(C)cc([S+](c2ccccc2)c2ccccc2)c1.Cc1ccccc1[S+](c1ccccc1)c1ccccc1C.FC(F)(F)c1ccc([S+](c2ccccc2)c2ccccc2)cc1.O=C(O)c1ccccc1[O-].O=C([O-])C(F)(F)C(F)(F)C(F)(F)C(F)(F)F.O=C([O-])c1cc(C(F)(F)F)cc(C(F)(F)F)c1.c1ccc([S+](c2ccccc2)c2ccccc2)cc1. The van der Waals surface area contributed by atoms with E-state index in [1.807, 2.05) is 60.7 Å². The van der Waals surface area contributed by atoms with Crippen LogP contribution >= 0.6 is 0 Å². The van der Waals surface area contributed by atoms with Crippen molar-refractivity contribution in [2.24, 2.45) is 16.7 Å². The van der Waals surface area contributed by atoms with E-state index in [1.165, 1.54) is 97.0 Å². The molecule has 16 rings (SSSR count). The van der Waals surface area contributed by atoms with E-state index in [1.54, 1.807) is 12.1 Å². The highest BCUT2D eigenvalue weighted by Gasteiger charge is 2.82. The van der Waals surface area contributed by atoms with Crippen LogP contribution in [-0.2, 0) is 71.7 Å². The van der Waals surface area contributed by atoms with Crippen LogP contribution in [0.3, 0.4) is 0 Å². The molecule has 0 saturated heterocycles. The van der Waals surface area contributed by atoms with Crippen molar-refractivity contribution in [3.63, 3.8) is 0 Å². The number of alkyl halides is 18. The Morgan fingerprint density at radius 1 is 0.360 bits per heavy atom. The van der Waals surface area contributed by atoms with E-state index in [-0.39, 0.29) is 61.9 Å². The molecule has 726 valence electrons. The molecule has 2 saturated carbocycles. The minimum absolute atomic E-state index is 0.0146. The van der Waals surface area contributed by atoms with Gasteiger partial charge in [0.05, 0.1) is 71.8 Å². The predicted octanol–water partition coefficient (Wildman–Crippen LogP) is 27.9. The average molecular weight is 2000 g/mol. The highest BCUT2D eigenvalue weighted by atomic mass is 32.2. The Labute approximate surface area is 804 Å². The zero-order chi connectivity index (χ0) is 102. The quantitative estimate of drug-likeness (QED) is 0.0657. The van der Waals surface area contributed by atoms with Crippen LogP contribution in [0.5, 0.6) is 5.75 Å². The van der Waals surface area contributed by atoms with Crippen LogP contribution in [0.2, 0.25) is 0 Å². The van der Waals surface area contributed by atoms with Gasteiger partial charge >= 0.3 is 48.4 Å². The van der Waals surface area contributed by atoms with Crippen LogP contribution < -0.4 is 15.3 Å². The summed E-state index contributed by atoms with van der Waals surface area (Å²) in [7, 11) is -0.505. The number of ketones is 1. The molecule has 2 aliphatic carbocycles. The number of carboxylic acids is 3. The Morgan fingerprint density at radius 3 is 0.906 bits per heavy atom. The highest BCUT2D eigenvalue weighted by Crippen LogP contribution is 2.65. The number of para-hydroxylation sites is 1. The molecule has 0 spiro atoms. The van der Waals surface area contributed by atoms with Crippen molar-refractivity contribution in [2.75, 3.05) is 0 Å². The fourth-order valence-electron chi connectivity index (χ4n) is 15.3. The monoisotopic (exact) mass is 2000 g/mol. The zero-order valence-electron chi connectivity index (χ0n) is 75.4. The molecule has 14 aromatic carbocycles. The third-order valence-electron chi connectivity index (χ3n) is 22.4. The van der Waals surface area contributed by atoms with Gasteiger partial charge in [0, 0.05) is 23.0 Å². The minimum Gasteiger partial charge on any atom is -0.872 e. The summed E-state index contributed by atoms with van der Waals surface area (Å²) >= 11 is 0. The number of carbonyl (C=O) groups is 4. The van der Waals surface area contributed by atoms with Crippen molar-refractivity contribution in [1.82, 2.24) is 0 Å². The van der Waals surface area contributed by atoms with E-state index in [2.05, 4.69) is 297 Å². The number of carboxylic acid groups (broad SMARTS) is 3. The number of hydrogen-bond acceptors (Lipinski definition) is 7. The maximum atomic E-state index is 12.8. The largest absolute Gasteiger partial charge is 0.872 e. The van der Waals surface area contributed by atoms with Gasteiger partial charge in [0.1, 0.15) is 11.8 Å². The van der Waals surface area contributed by atoms with Gasteiger partial charge in [-0.15, -0.1) is 0 Å². The van der Waals surface area contributed by atoms with Gasteiger partial charge in [0.15, 0.2) is 58.7 Å². The first-order valence-electron chi connectivity index (χ1n) is 42.7. The number of fused-ring (bicyclic) bond motifs is 2. The third kappa shape index (κ3) is 28.2. The van der Waals surface area contributed by atoms with Crippen LogP contribution in [0.15, 0.2) is 435 Å². The number of aryl methyl sites for hydroxylation is 4. The minimum atomic E-state index is -7.20. The standard InChI is InChI=1S/2C20H19S.C19H14F3S.C18H15S.C11H18O.C9H4F6O2.C7H6O3.C5HF9O2/c1-16-13-17(2)15-20(14-16)21(18-9-5-3-6-10-18)19-11-7-4-8-12-19;1-16-10-6-8-14-19(16)21(18-12-4-3-5-13-18)20-15-9-7-11-17(20)2;20-19(21,22)15-11-13-18(14-12-15)23(16-7-3-1-4-8-16)17-9-5-2-6-10-17;1-4-10-16(11-5-1)19(17-12-6-2-7-13-17)18-14-8-3-9-15-18;1-4-11-6-5-8(7-9(11)12)10(11,2)3;10-8(11,12)5-1-4(7(16)17)2-6(3-5)9(13,14)15;8-6-4-2-1-3-5(6)7(9)10;6-2(7,1(15)16)3(8,9)4(10,11)5(12,13)14/h2*3-15H,1-2H3;1-14H;1-15H;8H,4-7H2,1-3H3;1-3H,(H,16,17);1-4,8H,(H,9,10);(H,15,16)/q4*+1;;;;/p-3. The molecule has 2 bridgehead atoms. The molecule has 0 amide bonds. The summed E-state index contributed by atoms with van der Waals surface area (Å²) in [6.45, 7) is 15.5. The lowest BCUT2D eigenvalue weighted by Crippen LogP contribution is -2.65. The summed E-state index contributed by atoms with van der Waals surface area (Å²) in [5.74, 6) is -27.6. The number of hydrogen-bond donors (Lipinski definition) is 1. The maximum Gasteiger partial charge on any atom is 0.460 e. The van der Waals surface area contributed by atoms with Crippen molar-refractivity contribution in [1.29, 1.82) is 0 Å². The van der Waals surface area contributed by atoms with Gasteiger partial charge in [0.2, 0.25) is 0 Å². The van der Waals surface area contributed by atoms with Crippen molar-refractivity contribution in [3.05, 3.63) is 426 Å². The summed E-state index contributed by atoms with van der Waals surface area (Å²) < 4.78 is 218. The fraction of sp³-hybridized carbons (Fsp3) is 0.193. The second-order valence-corrected chi connectivity index (χ2v) is 40.1. The summed E-state index contributed by atoms with van der Waals surface area (Å²) in [5.41, 5.74) is 0.375. The van der Waals surface area contributed by atoms with Crippen LogP contribution in [0.25, 0.3) is 0 Å². The van der Waals surface area contributed by atoms with E-state index in [0.717, 1.165) is 46.1 Å². The molecule has 0 radical (unpaired) electrons. The Morgan fingerprint density at radius 2 is 0.655 bits per heavy atom. The van der Waals surface area contributed by atoms with E-state index in [0.29, 0.717) is 17.1 Å². The van der Waals surface area contributed by atoms with Crippen LogP contribution in [0, 0.1) is 44.4 Å². The first-order valence-corrected chi connectivity index (χ1v) is 47.6. The van der Waals surface area contributed by atoms with E-state index < -0.39 is 99.3 Å². The maximum absolute atomic E-state index is 12.8. The summed E-state index contributed by atoms with van der Waals surface area (Å²) in [4.78, 5) is 57.2. The summed E-state index contributed by atoms with van der Waals surface area (Å²) in [6.07, 6.45) is -17.1. The molecule has 2 atom stereocenters. The lowest BCUT2D eigenvalue weighted by atomic mass is 9.67. The molecule has 8 nitrogen and oxygen atoms in total. The molecule has 2 unspecified atom stereocenters. The molecule has 2 fully saturated rings. The second-order valence-electron chi connectivity index (χ2n) is 32.0. The number of Topliss-reactive ketones (excluding diaryl/α,β-unsaturated/α-hetero) is 1. The lowest BCUT2D eigenvalue weighted by molar-refractivity contribution is -0.410. The molecule has 0 heterocycles. The molecule has 30 heteroatoms. The number of carbonyl (C=O) groups excluding carboxylic acids is 3. The number of benzene rings is 14. The van der Waals surface area contributed by atoms with Gasteiger partial charge in [0.25, 0.3) is 0 Å². The van der Waals surface area contributed by atoms with Gasteiger partial charge in [-0.2, -0.15) is 79.0 Å². The Balaban J connectivity index is 0.000000180. The first-order chi connectivity index (χ1) is 65.5. The molecule has 14 aromatic rings. The highest BCUT2D eigenvalue weighted by molar-refractivity contribution is 7.98. The van der Waals surface area contributed by atoms with Crippen LogP contribution in [0.4, 0.5) is 79.0 Å². The number of rotatable bonds is 18. The Bertz CT molecular complexity index is 6040. The van der Waals surface area contributed by atoms with Crippen molar-refractivity contribution in [3.8, 4) is 5.75 Å². The van der Waals surface area contributed by atoms with Crippen LogP contribution in [-0.4, -0.2) is 52.7 Å². The van der Waals surface area contributed by atoms with Gasteiger partial charge in [-0.05, 0) is 245 Å². The van der Waals surface area contributed by atoms with Crippen molar-refractivity contribution < 1.29 is 119 Å². The topological polar surface area (TPSA) is 158 Å². The number of aromatic carboxylic acids is 2. The van der Waals surface area contributed by atoms with Gasteiger partial charge in [-0.3, -0.25) is 4.79 Å². The predicted molar refractivity (Wildman–Crippen MR) is 498 cm³/mol. The molecule has 0 aromatic heterocycles. The third-order valence-corrected chi connectivity index (χ3v) is 31.6. The second kappa shape index (κ2) is 48.1. The Hall–Kier alpha value is -12.9. The summed E-state index contributed by atoms with van der Waals surface area (Å²) in [6, 6.07) is 120. The first kappa shape index (κ1) is 110. The molecule has 1 N–H and O–H groups in total. The Kier molecular flexibility index (Phi) is 38.0. The number of aliphatic carboxylic acids is 1.